The molecule has 184 valence electrons. The Morgan fingerprint density at radius 1 is 1.06 bits per heavy atom. The average Bonchev–Trinajstić information content (AvgIpc) is 3.04. The monoisotopic (exact) mass is 488 g/mol. The summed E-state index contributed by atoms with van der Waals surface area (Å²) in [7, 11) is -4.63. The van der Waals surface area contributed by atoms with E-state index in [1.807, 2.05) is 0 Å². The van der Waals surface area contributed by atoms with Crippen molar-refractivity contribution in [3.05, 3.63) is 11.6 Å². The predicted octanol–water partition coefficient (Wildman–Crippen LogP) is 3.88. The van der Waals surface area contributed by atoms with Crippen molar-refractivity contribution in [3.8, 4) is 0 Å². The minimum Gasteiger partial charge on any atom is -0.726 e. The molecule has 0 aliphatic heterocycles. The quantitative estimate of drug-likeness (QED) is 0.236. The van der Waals surface area contributed by atoms with Gasteiger partial charge in [0, 0.05) is 0 Å². The third-order valence-corrected chi connectivity index (χ3v) is 11.0. The molecule has 0 radical (unpaired) electrons. The summed E-state index contributed by atoms with van der Waals surface area (Å²) < 4.78 is 38.2. The van der Waals surface area contributed by atoms with E-state index < -0.39 is 16.5 Å². The van der Waals surface area contributed by atoms with Gasteiger partial charge in [-0.3, -0.25) is 4.18 Å². The summed E-state index contributed by atoms with van der Waals surface area (Å²) in [6.45, 7) is 12.2. The first-order valence-corrected chi connectivity index (χ1v) is 14.6. The molecular formula is C27H45NaO4S. The van der Waals surface area contributed by atoms with Gasteiger partial charge >= 0.3 is 29.6 Å². The summed E-state index contributed by atoms with van der Waals surface area (Å²) in [6.07, 6.45) is 14.8. The Labute approximate surface area is 225 Å². The van der Waals surface area contributed by atoms with E-state index in [-0.39, 0.29) is 35.0 Å². The molecule has 0 heterocycles. The van der Waals surface area contributed by atoms with Crippen LogP contribution in [0.5, 0.6) is 0 Å². The van der Waals surface area contributed by atoms with Crippen LogP contribution >= 0.6 is 0 Å². The maximum absolute atomic E-state index is 11.1. The topological polar surface area (TPSA) is 66.4 Å². The fourth-order valence-corrected chi connectivity index (χ4v) is 9.40. The summed E-state index contributed by atoms with van der Waals surface area (Å²) in [5, 5.41) is 0. The van der Waals surface area contributed by atoms with E-state index in [2.05, 4.69) is 40.7 Å². The SMILES string of the molecule is CC(C)CCC[C@@H](C)[C@H]1CCC2C3CC=C4C[C@@H](OS(=O)(=O)[O-])CC[C@]4(C)C3CC[C@@]21C.[Na+]. The van der Waals surface area contributed by atoms with Crippen LogP contribution in [0.1, 0.15) is 105 Å². The molecule has 6 heteroatoms. The van der Waals surface area contributed by atoms with Gasteiger partial charge in [-0.15, -0.1) is 0 Å². The van der Waals surface area contributed by atoms with Crippen molar-refractivity contribution in [2.45, 2.75) is 111 Å². The van der Waals surface area contributed by atoms with E-state index in [1.54, 1.807) is 0 Å². The standard InChI is InChI=1S/C27H46O4S.Na/c1-18(2)7-6-8-19(3)23-11-12-24-22-10-9-20-17-21(31-32(28,29)30)13-15-26(20,4)25(22)14-16-27(23,24)5;/h9,18-19,21-25H,6-8,10-17H2,1-5H3,(H,28,29,30);/q;+1/p-1/t19-,21+,22?,23-,24?,25?,26+,27-;/m1./s1. The van der Waals surface area contributed by atoms with E-state index in [1.165, 1.54) is 50.5 Å². The molecule has 4 rings (SSSR count). The second-order valence-corrected chi connectivity index (χ2v) is 13.7. The first-order valence-electron chi connectivity index (χ1n) is 13.3. The largest absolute Gasteiger partial charge is 1.00 e. The number of allylic oxidation sites excluding steroid dienone is 1. The zero-order valence-electron chi connectivity index (χ0n) is 21.9. The fraction of sp³-hybridized carbons (Fsp3) is 0.926. The van der Waals surface area contributed by atoms with Crippen LogP contribution in [0.3, 0.4) is 0 Å². The summed E-state index contributed by atoms with van der Waals surface area (Å²) >= 11 is 0. The van der Waals surface area contributed by atoms with Crippen LogP contribution in [-0.4, -0.2) is 19.1 Å². The van der Waals surface area contributed by atoms with Crippen molar-refractivity contribution in [2.24, 2.45) is 46.3 Å². The van der Waals surface area contributed by atoms with Gasteiger partial charge in [-0.25, -0.2) is 8.42 Å². The normalized spacial score (nSPS) is 41.4. The van der Waals surface area contributed by atoms with Crippen molar-refractivity contribution < 1.29 is 46.7 Å². The Morgan fingerprint density at radius 3 is 2.45 bits per heavy atom. The van der Waals surface area contributed by atoms with Crippen molar-refractivity contribution >= 4 is 10.4 Å². The van der Waals surface area contributed by atoms with Crippen LogP contribution in [0.4, 0.5) is 0 Å². The molecule has 8 atom stereocenters. The molecule has 0 aromatic carbocycles. The zero-order chi connectivity index (χ0) is 23.3. The van der Waals surface area contributed by atoms with Crippen LogP contribution in [0, 0.1) is 46.3 Å². The minimum atomic E-state index is -4.63. The second-order valence-electron chi connectivity index (χ2n) is 12.7. The van der Waals surface area contributed by atoms with Crippen molar-refractivity contribution in [2.75, 3.05) is 0 Å². The molecule has 3 saturated carbocycles. The molecule has 0 aromatic rings. The minimum absolute atomic E-state index is 0. The molecular weight excluding hydrogens is 443 g/mol. The predicted molar refractivity (Wildman–Crippen MR) is 128 cm³/mol. The van der Waals surface area contributed by atoms with E-state index in [9.17, 15) is 13.0 Å². The molecule has 0 amide bonds. The number of rotatable bonds is 7. The molecule has 0 saturated heterocycles. The van der Waals surface area contributed by atoms with Gasteiger partial charge in [0.2, 0.25) is 10.4 Å². The number of fused-ring (bicyclic) bond motifs is 5. The second kappa shape index (κ2) is 10.5. The van der Waals surface area contributed by atoms with Gasteiger partial charge in [0.15, 0.2) is 0 Å². The molecule has 3 fully saturated rings. The summed E-state index contributed by atoms with van der Waals surface area (Å²) in [6, 6.07) is 0. The Morgan fingerprint density at radius 2 is 1.79 bits per heavy atom. The Bertz CT molecular complexity index is 824. The van der Waals surface area contributed by atoms with Gasteiger partial charge in [0.25, 0.3) is 0 Å². The maximum atomic E-state index is 11.1. The maximum Gasteiger partial charge on any atom is 1.00 e. The van der Waals surface area contributed by atoms with Gasteiger partial charge in [0.1, 0.15) is 0 Å². The average molecular weight is 489 g/mol. The van der Waals surface area contributed by atoms with Crippen molar-refractivity contribution in [1.29, 1.82) is 0 Å². The first-order chi connectivity index (χ1) is 14.9. The molecule has 0 aromatic heterocycles. The van der Waals surface area contributed by atoms with Crippen LogP contribution in [-0.2, 0) is 14.6 Å². The molecule has 4 aliphatic carbocycles. The van der Waals surface area contributed by atoms with Gasteiger partial charge < -0.3 is 4.55 Å². The molecule has 33 heavy (non-hydrogen) atoms. The van der Waals surface area contributed by atoms with Crippen LogP contribution < -0.4 is 29.6 Å². The first kappa shape index (κ1) is 28.2. The smallest absolute Gasteiger partial charge is 0.726 e. The third-order valence-electron chi connectivity index (χ3n) is 10.5. The number of hydrogen-bond acceptors (Lipinski definition) is 4. The molecule has 3 unspecified atom stereocenters. The van der Waals surface area contributed by atoms with E-state index in [0.717, 1.165) is 42.4 Å². The van der Waals surface area contributed by atoms with Crippen LogP contribution in [0.2, 0.25) is 0 Å². The number of hydrogen-bond donors (Lipinski definition) is 0. The third kappa shape index (κ3) is 5.64. The van der Waals surface area contributed by atoms with Gasteiger partial charge in [-0.1, -0.05) is 65.5 Å². The summed E-state index contributed by atoms with van der Waals surface area (Å²) in [5.74, 6) is 4.78. The summed E-state index contributed by atoms with van der Waals surface area (Å²) in [4.78, 5) is 0. The van der Waals surface area contributed by atoms with E-state index in [0.29, 0.717) is 24.2 Å². The van der Waals surface area contributed by atoms with Gasteiger partial charge in [-0.2, -0.15) is 0 Å². The van der Waals surface area contributed by atoms with Crippen molar-refractivity contribution in [1.82, 2.24) is 0 Å². The van der Waals surface area contributed by atoms with Crippen molar-refractivity contribution in [3.63, 3.8) is 0 Å². The zero-order valence-corrected chi connectivity index (χ0v) is 24.8. The Hall–Kier alpha value is 0.610. The van der Waals surface area contributed by atoms with E-state index in [4.69, 9.17) is 4.18 Å². The van der Waals surface area contributed by atoms with Gasteiger partial charge in [0.05, 0.1) is 6.10 Å². The van der Waals surface area contributed by atoms with Gasteiger partial charge in [-0.05, 0) is 97.7 Å². The summed E-state index contributed by atoms with van der Waals surface area (Å²) in [5.41, 5.74) is 1.99. The molecule has 4 nitrogen and oxygen atoms in total. The molecule has 0 spiro atoms. The van der Waals surface area contributed by atoms with Crippen LogP contribution in [0.15, 0.2) is 11.6 Å². The molecule has 0 N–H and O–H groups in total. The molecule has 0 bridgehead atoms. The molecule has 4 aliphatic rings. The fourth-order valence-electron chi connectivity index (χ4n) is 8.90. The van der Waals surface area contributed by atoms with Crippen LogP contribution in [0.25, 0.3) is 0 Å². The Kier molecular flexibility index (Phi) is 9.00. The van der Waals surface area contributed by atoms with E-state index >= 15 is 0 Å². The Balaban J connectivity index is 0.00000306.